The van der Waals surface area contributed by atoms with E-state index >= 15 is 0 Å². The molecule has 0 saturated carbocycles. The van der Waals surface area contributed by atoms with Gasteiger partial charge in [-0.3, -0.25) is 4.79 Å². The van der Waals surface area contributed by atoms with E-state index in [1.54, 1.807) is 45.0 Å². The lowest BCUT2D eigenvalue weighted by Gasteiger charge is -2.21. The van der Waals surface area contributed by atoms with Crippen molar-refractivity contribution in [1.82, 2.24) is 0 Å². The predicted molar refractivity (Wildman–Crippen MR) is 70.1 cm³/mol. The molecule has 1 aromatic carbocycles. The fourth-order valence-electron chi connectivity index (χ4n) is 1.41. The van der Waals surface area contributed by atoms with Crippen molar-refractivity contribution in [2.45, 2.75) is 32.8 Å². The summed E-state index contributed by atoms with van der Waals surface area (Å²) >= 11 is 5.78. The second-order valence-corrected chi connectivity index (χ2v) is 5.48. The fraction of sp³-hybridized carbons (Fsp3) is 0.429. The Bertz CT molecular complexity index is 454. The lowest BCUT2D eigenvalue weighted by molar-refractivity contribution is -0.157. The Kier molecular flexibility index (Phi) is 4.75. The standard InChI is InChI=1S/C14H16ClNO2/c1-14(2,3)18-13(17)11(9-16)8-10-4-6-12(15)7-5-10/h4-7,11H,8H2,1-3H3. The molecule has 1 rings (SSSR count). The Morgan fingerprint density at radius 3 is 2.39 bits per heavy atom. The first-order chi connectivity index (χ1) is 8.31. The summed E-state index contributed by atoms with van der Waals surface area (Å²) in [5.74, 6) is -1.27. The molecule has 1 unspecified atom stereocenters. The molecular weight excluding hydrogens is 250 g/mol. The van der Waals surface area contributed by atoms with Gasteiger partial charge < -0.3 is 4.74 Å². The summed E-state index contributed by atoms with van der Waals surface area (Å²) in [5.41, 5.74) is 0.309. The molecule has 0 aromatic heterocycles. The molecule has 0 spiro atoms. The quantitative estimate of drug-likeness (QED) is 0.788. The molecule has 0 amide bonds. The molecule has 1 aromatic rings. The third kappa shape index (κ3) is 4.77. The molecule has 0 aliphatic rings. The zero-order valence-corrected chi connectivity index (χ0v) is 11.5. The van der Waals surface area contributed by atoms with Gasteiger partial charge in [0, 0.05) is 5.02 Å². The van der Waals surface area contributed by atoms with Gasteiger partial charge >= 0.3 is 5.97 Å². The van der Waals surface area contributed by atoms with Gasteiger partial charge in [0.05, 0.1) is 6.07 Å². The van der Waals surface area contributed by atoms with Crippen LogP contribution in [0.4, 0.5) is 0 Å². The molecule has 0 heterocycles. The van der Waals surface area contributed by atoms with E-state index in [1.165, 1.54) is 0 Å². The maximum atomic E-state index is 11.8. The van der Waals surface area contributed by atoms with E-state index in [9.17, 15) is 4.79 Å². The van der Waals surface area contributed by atoms with Crippen molar-refractivity contribution in [3.63, 3.8) is 0 Å². The van der Waals surface area contributed by atoms with Gasteiger partial charge in [-0.05, 0) is 44.9 Å². The van der Waals surface area contributed by atoms with Gasteiger partial charge in [0.25, 0.3) is 0 Å². The number of hydrogen-bond acceptors (Lipinski definition) is 3. The van der Waals surface area contributed by atoms with Gasteiger partial charge in [-0.15, -0.1) is 0 Å². The summed E-state index contributed by atoms with van der Waals surface area (Å²) in [5, 5.41) is 9.66. The van der Waals surface area contributed by atoms with Crippen LogP contribution in [-0.2, 0) is 16.0 Å². The van der Waals surface area contributed by atoms with Crippen molar-refractivity contribution in [1.29, 1.82) is 5.26 Å². The van der Waals surface area contributed by atoms with Gasteiger partial charge in [0.1, 0.15) is 11.5 Å². The van der Waals surface area contributed by atoms with Crippen LogP contribution in [0.15, 0.2) is 24.3 Å². The first-order valence-corrected chi connectivity index (χ1v) is 6.06. The van der Waals surface area contributed by atoms with Crippen molar-refractivity contribution < 1.29 is 9.53 Å². The van der Waals surface area contributed by atoms with Crippen LogP contribution < -0.4 is 0 Å². The zero-order valence-electron chi connectivity index (χ0n) is 10.7. The van der Waals surface area contributed by atoms with E-state index < -0.39 is 17.5 Å². The molecule has 4 heteroatoms. The molecule has 3 nitrogen and oxygen atoms in total. The Balaban J connectivity index is 2.71. The monoisotopic (exact) mass is 265 g/mol. The van der Waals surface area contributed by atoms with Crippen LogP contribution >= 0.6 is 11.6 Å². The molecule has 0 fully saturated rings. The lowest BCUT2D eigenvalue weighted by Crippen LogP contribution is -2.29. The summed E-state index contributed by atoms with van der Waals surface area (Å²) in [6, 6.07) is 9.06. The average Bonchev–Trinajstić information content (AvgIpc) is 2.25. The Labute approximate surface area is 112 Å². The van der Waals surface area contributed by atoms with Crippen LogP contribution in [-0.4, -0.2) is 11.6 Å². The number of carbonyl (C=O) groups is 1. The third-order valence-corrected chi connectivity index (χ3v) is 2.45. The van der Waals surface area contributed by atoms with Crippen molar-refractivity contribution in [3.8, 4) is 6.07 Å². The van der Waals surface area contributed by atoms with Gasteiger partial charge in [-0.25, -0.2) is 0 Å². The molecule has 0 aliphatic carbocycles. The highest BCUT2D eigenvalue weighted by Crippen LogP contribution is 2.16. The topological polar surface area (TPSA) is 50.1 Å². The maximum absolute atomic E-state index is 11.8. The van der Waals surface area contributed by atoms with Crippen LogP contribution in [0, 0.1) is 17.2 Å². The molecule has 1 atom stereocenters. The number of hydrogen-bond donors (Lipinski definition) is 0. The van der Waals surface area contributed by atoms with Crippen LogP contribution in [0.1, 0.15) is 26.3 Å². The van der Waals surface area contributed by atoms with E-state index in [-0.39, 0.29) is 0 Å². The van der Waals surface area contributed by atoms with Crippen molar-refractivity contribution in [2.75, 3.05) is 0 Å². The first-order valence-electron chi connectivity index (χ1n) is 5.69. The third-order valence-electron chi connectivity index (χ3n) is 2.20. The normalized spacial score (nSPS) is 12.6. The molecule has 18 heavy (non-hydrogen) atoms. The largest absolute Gasteiger partial charge is 0.459 e. The highest BCUT2D eigenvalue weighted by Gasteiger charge is 2.25. The van der Waals surface area contributed by atoms with Gasteiger partial charge in [-0.2, -0.15) is 5.26 Å². The zero-order chi connectivity index (χ0) is 13.8. The first kappa shape index (κ1) is 14.5. The minimum atomic E-state index is -0.787. The Morgan fingerprint density at radius 1 is 1.39 bits per heavy atom. The summed E-state index contributed by atoms with van der Waals surface area (Å²) in [4.78, 5) is 11.8. The van der Waals surface area contributed by atoms with E-state index in [4.69, 9.17) is 21.6 Å². The lowest BCUT2D eigenvalue weighted by atomic mass is 10.0. The second-order valence-electron chi connectivity index (χ2n) is 5.05. The Hall–Kier alpha value is -1.53. The summed E-state index contributed by atoms with van der Waals surface area (Å²) in [6.45, 7) is 5.34. The highest BCUT2D eigenvalue weighted by atomic mass is 35.5. The number of benzene rings is 1. The average molecular weight is 266 g/mol. The summed E-state index contributed by atoms with van der Waals surface area (Å²) in [7, 11) is 0. The second kappa shape index (κ2) is 5.88. The van der Waals surface area contributed by atoms with Crippen molar-refractivity contribution >= 4 is 17.6 Å². The number of ether oxygens (including phenoxy) is 1. The molecule has 0 bridgehead atoms. The molecule has 96 valence electrons. The van der Waals surface area contributed by atoms with Crippen LogP contribution in [0.25, 0.3) is 0 Å². The van der Waals surface area contributed by atoms with Gasteiger partial charge in [-0.1, -0.05) is 23.7 Å². The van der Waals surface area contributed by atoms with Crippen LogP contribution in [0.5, 0.6) is 0 Å². The minimum Gasteiger partial charge on any atom is -0.459 e. The van der Waals surface area contributed by atoms with Crippen LogP contribution in [0.3, 0.4) is 0 Å². The molecule has 0 radical (unpaired) electrons. The van der Waals surface area contributed by atoms with Gasteiger partial charge in [0.15, 0.2) is 0 Å². The highest BCUT2D eigenvalue weighted by molar-refractivity contribution is 6.30. The Morgan fingerprint density at radius 2 is 1.94 bits per heavy atom. The number of rotatable bonds is 3. The summed E-state index contributed by atoms with van der Waals surface area (Å²) < 4.78 is 5.20. The molecule has 0 aliphatic heterocycles. The summed E-state index contributed by atoms with van der Waals surface area (Å²) in [6.07, 6.45) is 0.336. The smallest absolute Gasteiger partial charge is 0.324 e. The fourth-order valence-corrected chi connectivity index (χ4v) is 1.54. The van der Waals surface area contributed by atoms with E-state index in [0.717, 1.165) is 5.56 Å². The molecule has 0 N–H and O–H groups in total. The van der Waals surface area contributed by atoms with Crippen molar-refractivity contribution in [2.24, 2.45) is 5.92 Å². The van der Waals surface area contributed by atoms with E-state index in [0.29, 0.717) is 11.4 Å². The SMILES string of the molecule is CC(C)(C)OC(=O)C(C#N)Cc1ccc(Cl)cc1. The van der Waals surface area contributed by atoms with E-state index in [1.807, 2.05) is 6.07 Å². The molecule has 0 saturated heterocycles. The maximum Gasteiger partial charge on any atom is 0.324 e. The minimum absolute atomic E-state index is 0.336. The van der Waals surface area contributed by atoms with Gasteiger partial charge in [0.2, 0.25) is 0 Å². The molecular formula is C14H16ClNO2. The number of nitrogens with zero attached hydrogens (tertiary/aromatic N) is 1. The van der Waals surface area contributed by atoms with Crippen molar-refractivity contribution in [3.05, 3.63) is 34.9 Å². The number of carbonyl (C=O) groups excluding carboxylic acids is 1. The van der Waals surface area contributed by atoms with Crippen LogP contribution in [0.2, 0.25) is 5.02 Å². The van der Waals surface area contributed by atoms with E-state index in [2.05, 4.69) is 0 Å². The number of halogens is 1. The number of nitriles is 1. The number of esters is 1. The predicted octanol–water partition coefficient (Wildman–Crippen LogP) is 3.36.